The maximum atomic E-state index is 13.9. The number of methoxy groups -OCH3 is 1. The fourth-order valence-electron chi connectivity index (χ4n) is 2.43. The summed E-state index contributed by atoms with van der Waals surface area (Å²) in [4.78, 5) is 25.8. The summed E-state index contributed by atoms with van der Waals surface area (Å²) in [6, 6.07) is 8.77. The quantitative estimate of drug-likeness (QED) is 0.778. The number of rotatable bonds is 4. The molecule has 26 heavy (non-hydrogen) atoms. The molecular formula is C18H13ClFNO4S. The first-order valence-corrected chi connectivity index (χ1v) is 8.65. The summed E-state index contributed by atoms with van der Waals surface area (Å²) in [5.41, 5.74) is 0.609. The van der Waals surface area contributed by atoms with Crippen LogP contribution in [0, 0.1) is 5.82 Å². The lowest BCUT2D eigenvalue weighted by Gasteiger charge is -2.14. The van der Waals surface area contributed by atoms with E-state index in [0.717, 1.165) is 16.7 Å². The summed E-state index contributed by atoms with van der Waals surface area (Å²) in [7, 11) is 1.42. The van der Waals surface area contributed by atoms with Crippen LogP contribution >= 0.6 is 23.4 Å². The van der Waals surface area contributed by atoms with Gasteiger partial charge in [-0.25, -0.2) is 4.39 Å². The van der Waals surface area contributed by atoms with E-state index in [0.29, 0.717) is 11.3 Å². The summed E-state index contributed by atoms with van der Waals surface area (Å²) < 4.78 is 18.9. The Kier molecular flexibility index (Phi) is 5.20. The molecule has 1 saturated heterocycles. The average Bonchev–Trinajstić information content (AvgIpc) is 2.85. The van der Waals surface area contributed by atoms with E-state index >= 15 is 0 Å². The first kappa shape index (κ1) is 18.3. The highest BCUT2D eigenvalue weighted by molar-refractivity contribution is 8.18. The number of aromatic hydroxyl groups is 1. The number of carbonyl (C=O) groups excluding carboxylic acids is 2. The molecule has 1 aliphatic rings. The molecule has 3 rings (SSSR count). The number of thioether (sulfide) groups is 1. The minimum absolute atomic E-state index is 0.0832. The van der Waals surface area contributed by atoms with Gasteiger partial charge in [-0.15, -0.1) is 0 Å². The maximum absolute atomic E-state index is 13.9. The summed E-state index contributed by atoms with van der Waals surface area (Å²) >= 11 is 6.71. The normalized spacial score (nSPS) is 15.8. The Morgan fingerprint density at radius 2 is 2.08 bits per heavy atom. The van der Waals surface area contributed by atoms with Crippen LogP contribution in [0.3, 0.4) is 0 Å². The molecule has 1 N–H and O–H groups in total. The van der Waals surface area contributed by atoms with Crippen LogP contribution in [0.2, 0.25) is 5.02 Å². The third-order valence-corrected chi connectivity index (χ3v) is 5.01. The molecule has 1 heterocycles. The van der Waals surface area contributed by atoms with Crippen LogP contribution in [0.5, 0.6) is 11.5 Å². The SMILES string of the molecule is COc1ccc(/C=C2/SC(=O)N(Cc3c(F)cccc3Cl)C2=O)cc1O. The van der Waals surface area contributed by atoms with Crippen LogP contribution in [-0.2, 0) is 11.3 Å². The van der Waals surface area contributed by atoms with Crippen molar-refractivity contribution in [3.05, 3.63) is 63.3 Å². The third-order valence-electron chi connectivity index (χ3n) is 3.75. The van der Waals surface area contributed by atoms with E-state index in [4.69, 9.17) is 16.3 Å². The standard InChI is InChI=1S/C18H13ClFNO4S/c1-25-15-6-5-10(7-14(15)22)8-16-17(23)21(18(24)26-16)9-11-12(19)3-2-4-13(11)20/h2-8,22H,9H2,1H3/b16-8+. The van der Waals surface area contributed by atoms with E-state index in [1.807, 2.05) is 0 Å². The van der Waals surface area contributed by atoms with Gasteiger partial charge in [0.05, 0.1) is 18.6 Å². The Bertz CT molecular complexity index is 911. The lowest BCUT2D eigenvalue weighted by Crippen LogP contribution is -2.28. The monoisotopic (exact) mass is 393 g/mol. The molecule has 0 atom stereocenters. The number of imide groups is 1. The number of ether oxygens (including phenoxy) is 1. The van der Waals surface area contributed by atoms with E-state index in [1.165, 1.54) is 37.5 Å². The Labute approximate surface area is 158 Å². The molecule has 1 aliphatic heterocycles. The second kappa shape index (κ2) is 7.39. The number of nitrogens with zero attached hydrogens (tertiary/aromatic N) is 1. The second-order valence-electron chi connectivity index (χ2n) is 5.40. The minimum atomic E-state index is -0.583. The maximum Gasteiger partial charge on any atom is 0.293 e. The molecule has 0 radical (unpaired) electrons. The summed E-state index contributed by atoms with van der Waals surface area (Å²) in [5.74, 6) is -0.918. The van der Waals surface area contributed by atoms with E-state index in [-0.39, 0.29) is 27.8 Å². The van der Waals surface area contributed by atoms with Crippen LogP contribution in [0.4, 0.5) is 9.18 Å². The van der Waals surface area contributed by atoms with Crippen molar-refractivity contribution in [1.29, 1.82) is 0 Å². The van der Waals surface area contributed by atoms with Crippen molar-refractivity contribution in [2.45, 2.75) is 6.54 Å². The highest BCUT2D eigenvalue weighted by atomic mass is 35.5. The molecule has 2 amide bonds. The fraction of sp³-hybridized carbons (Fsp3) is 0.111. The van der Waals surface area contributed by atoms with Crippen molar-refractivity contribution in [3.63, 3.8) is 0 Å². The van der Waals surface area contributed by atoms with Crippen molar-refractivity contribution in [2.24, 2.45) is 0 Å². The van der Waals surface area contributed by atoms with Gasteiger partial charge < -0.3 is 9.84 Å². The zero-order valence-electron chi connectivity index (χ0n) is 13.5. The van der Waals surface area contributed by atoms with Gasteiger partial charge in [0.25, 0.3) is 11.1 Å². The minimum Gasteiger partial charge on any atom is -0.504 e. The van der Waals surface area contributed by atoms with Gasteiger partial charge in [0.2, 0.25) is 0 Å². The highest BCUT2D eigenvalue weighted by Crippen LogP contribution is 2.35. The van der Waals surface area contributed by atoms with Crippen LogP contribution < -0.4 is 4.74 Å². The first-order chi connectivity index (χ1) is 12.4. The Morgan fingerprint density at radius 1 is 1.31 bits per heavy atom. The molecule has 5 nitrogen and oxygen atoms in total. The Morgan fingerprint density at radius 3 is 2.73 bits per heavy atom. The largest absolute Gasteiger partial charge is 0.504 e. The smallest absolute Gasteiger partial charge is 0.293 e. The number of phenolic OH excluding ortho intramolecular Hbond substituents is 1. The molecule has 1 fully saturated rings. The number of benzene rings is 2. The van der Waals surface area contributed by atoms with Crippen LogP contribution in [0.25, 0.3) is 6.08 Å². The van der Waals surface area contributed by atoms with Crippen molar-refractivity contribution in [2.75, 3.05) is 7.11 Å². The van der Waals surface area contributed by atoms with Gasteiger partial charge in [0, 0.05) is 10.6 Å². The van der Waals surface area contributed by atoms with Crippen molar-refractivity contribution < 1.29 is 23.8 Å². The van der Waals surface area contributed by atoms with E-state index in [9.17, 15) is 19.1 Å². The van der Waals surface area contributed by atoms with Gasteiger partial charge in [-0.05, 0) is 47.7 Å². The van der Waals surface area contributed by atoms with E-state index in [1.54, 1.807) is 12.1 Å². The van der Waals surface area contributed by atoms with E-state index in [2.05, 4.69) is 0 Å². The Balaban J connectivity index is 1.86. The molecule has 134 valence electrons. The van der Waals surface area contributed by atoms with Gasteiger partial charge >= 0.3 is 0 Å². The molecule has 2 aromatic carbocycles. The number of hydrogen-bond donors (Lipinski definition) is 1. The zero-order chi connectivity index (χ0) is 18.8. The lowest BCUT2D eigenvalue weighted by atomic mass is 10.1. The van der Waals surface area contributed by atoms with Gasteiger partial charge in [-0.3, -0.25) is 14.5 Å². The van der Waals surface area contributed by atoms with Gasteiger partial charge in [0.15, 0.2) is 11.5 Å². The summed E-state index contributed by atoms with van der Waals surface area (Å²) in [6.07, 6.45) is 1.48. The van der Waals surface area contributed by atoms with Crippen molar-refractivity contribution in [3.8, 4) is 11.5 Å². The van der Waals surface area contributed by atoms with Crippen LogP contribution in [0.15, 0.2) is 41.3 Å². The number of phenols is 1. The number of carbonyl (C=O) groups is 2. The molecule has 0 aliphatic carbocycles. The average molecular weight is 394 g/mol. The lowest BCUT2D eigenvalue weighted by molar-refractivity contribution is -0.123. The molecular weight excluding hydrogens is 381 g/mol. The summed E-state index contributed by atoms with van der Waals surface area (Å²) in [5, 5.41) is 9.44. The first-order valence-electron chi connectivity index (χ1n) is 7.46. The van der Waals surface area contributed by atoms with Gasteiger partial charge in [-0.1, -0.05) is 23.7 Å². The number of amides is 2. The predicted octanol–water partition coefficient (Wildman–Crippen LogP) is 4.43. The topological polar surface area (TPSA) is 66.8 Å². The third kappa shape index (κ3) is 3.54. The van der Waals surface area contributed by atoms with Crippen LogP contribution in [0.1, 0.15) is 11.1 Å². The Hall–Kier alpha value is -2.51. The molecule has 2 aromatic rings. The molecule has 0 saturated carbocycles. The molecule has 0 aromatic heterocycles. The molecule has 8 heteroatoms. The highest BCUT2D eigenvalue weighted by Gasteiger charge is 2.35. The van der Waals surface area contributed by atoms with Gasteiger partial charge in [0.1, 0.15) is 5.82 Å². The van der Waals surface area contributed by atoms with Crippen molar-refractivity contribution >= 4 is 40.6 Å². The van der Waals surface area contributed by atoms with Crippen molar-refractivity contribution in [1.82, 2.24) is 4.90 Å². The fourth-order valence-corrected chi connectivity index (χ4v) is 3.49. The van der Waals surface area contributed by atoms with Gasteiger partial charge in [-0.2, -0.15) is 0 Å². The second-order valence-corrected chi connectivity index (χ2v) is 6.80. The molecule has 0 spiro atoms. The number of hydrogen-bond acceptors (Lipinski definition) is 5. The molecule has 0 bridgehead atoms. The van der Waals surface area contributed by atoms with Crippen LogP contribution in [-0.4, -0.2) is 28.3 Å². The summed E-state index contributed by atoms with van der Waals surface area (Å²) in [6.45, 7) is -0.249. The molecule has 0 unspecified atom stereocenters. The van der Waals surface area contributed by atoms with E-state index < -0.39 is 17.0 Å². The zero-order valence-corrected chi connectivity index (χ0v) is 15.1. The predicted molar refractivity (Wildman–Crippen MR) is 97.6 cm³/mol. The number of halogens is 2.